The van der Waals surface area contributed by atoms with Gasteiger partial charge in [0, 0.05) is 55.4 Å². The van der Waals surface area contributed by atoms with Crippen LogP contribution in [0.5, 0.6) is 0 Å². The first kappa shape index (κ1) is 19.6. The number of imidazole rings is 1. The molecule has 5 rings (SSSR count). The van der Waals surface area contributed by atoms with Crippen LogP contribution < -0.4 is 4.90 Å². The number of hydrogen-bond donors (Lipinski definition) is 0. The van der Waals surface area contributed by atoms with Crippen LogP contribution in [0, 0.1) is 0 Å². The highest BCUT2D eigenvalue weighted by Crippen LogP contribution is 2.40. The van der Waals surface area contributed by atoms with Crippen LogP contribution in [0.15, 0.2) is 35.3 Å². The van der Waals surface area contributed by atoms with Gasteiger partial charge in [-0.05, 0) is 11.4 Å². The van der Waals surface area contributed by atoms with Crippen LogP contribution in [0.25, 0.3) is 20.7 Å². The van der Waals surface area contributed by atoms with Crippen LogP contribution in [-0.2, 0) is 24.9 Å². The van der Waals surface area contributed by atoms with Gasteiger partial charge in [0.25, 0.3) is 0 Å². The lowest BCUT2D eigenvalue weighted by Crippen LogP contribution is -2.36. The van der Waals surface area contributed by atoms with Gasteiger partial charge in [0.15, 0.2) is 0 Å². The van der Waals surface area contributed by atoms with E-state index in [2.05, 4.69) is 49.3 Å². The van der Waals surface area contributed by atoms with Gasteiger partial charge in [-0.2, -0.15) is 0 Å². The van der Waals surface area contributed by atoms with Crippen molar-refractivity contribution in [1.29, 1.82) is 0 Å². The zero-order valence-corrected chi connectivity index (χ0v) is 18.7. The highest BCUT2D eigenvalue weighted by Gasteiger charge is 2.21. The van der Waals surface area contributed by atoms with E-state index in [0.29, 0.717) is 6.54 Å². The minimum Gasteiger partial charge on any atom is -0.379 e. The normalized spacial score (nSPS) is 15.1. The van der Waals surface area contributed by atoms with Crippen molar-refractivity contribution in [3.05, 3.63) is 46.9 Å². The Labute approximate surface area is 183 Å². The molecule has 9 heteroatoms. The van der Waals surface area contributed by atoms with Gasteiger partial charge < -0.3 is 14.2 Å². The number of fused-ring (bicyclic) bond motifs is 1. The monoisotopic (exact) mass is 440 g/mol. The molecule has 1 saturated heterocycles. The first-order chi connectivity index (χ1) is 14.7. The summed E-state index contributed by atoms with van der Waals surface area (Å²) in [5, 5.41) is 5.45. The lowest BCUT2D eigenvalue weighted by atomic mass is 10.2. The van der Waals surface area contributed by atoms with E-state index in [-0.39, 0.29) is 0 Å². The highest BCUT2D eigenvalue weighted by molar-refractivity contribution is 7.18. The van der Waals surface area contributed by atoms with Crippen molar-refractivity contribution in [2.75, 3.05) is 38.3 Å². The average Bonchev–Trinajstić information content (AvgIpc) is 3.50. The van der Waals surface area contributed by atoms with Crippen molar-refractivity contribution in [1.82, 2.24) is 24.4 Å². The molecule has 4 aromatic rings. The van der Waals surface area contributed by atoms with Crippen LogP contribution >= 0.6 is 22.7 Å². The maximum Gasteiger partial charge on any atom is 0.146 e. The van der Waals surface area contributed by atoms with Crippen LogP contribution in [-0.4, -0.2) is 57.8 Å². The molecule has 0 unspecified atom stereocenters. The van der Waals surface area contributed by atoms with E-state index in [9.17, 15) is 0 Å². The molecule has 0 aromatic carbocycles. The average molecular weight is 441 g/mol. The van der Waals surface area contributed by atoms with E-state index in [0.717, 1.165) is 60.5 Å². The molecular formula is C21H24N6OS2. The minimum absolute atomic E-state index is 0.687. The number of rotatable bonds is 6. The summed E-state index contributed by atoms with van der Waals surface area (Å²) >= 11 is 3.45. The van der Waals surface area contributed by atoms with Crippen LogP contribution in [0.1, 0.15) is 11.6 Å². The predicted octanol–water partition coefficient (Wildman–Crippen LogP) is 3.62. The van der Waals surface area contributed by atoms with Gasteiger partial charge in [-0.15, -0.1) is 22.7 Å². The van der Waals surface area contributed by atoms with Crippen molar-refractivity contribution in [3.63, 3.8) is 0 Å². The molecule has 0 spiro atoms. The Hall–Kier alpha value is -2.33. The van der Waals surface area contributed by atoms with Gasteiger partial charge >= 0.3 is 0 Å². The summed E-state index contributed by atoms with van der Waals surface area (Å²) in [5.74, 6) is 2.84. The molecular weight excluding hydrogens is 416 g/mol. The van der Waals surface area contributed by atoms with E-state index < -0.39 is 0 Å². The predicted molar refractivity (Wildman–Crippen MR) is 122 cm³/mol. The second-order valence-electron chi connectivity index (χ2n) is 7.47. The Kier molecular flexibility index (Phi) is 5.51. The second-order valence-corrected chi connectivity index (χ2v) is 9.28. The molecule has 0 amide bonds. The van der Waals surface area contributed by atoms with Gasteiger partial charge in [0.1, 0.15) is 22.3 Å². The fraction of sp³-hybridized carbons (Fsp3) is 0.381. The molecule has 5 heterocycles. The van der Waals surface area contributed by atoms with Crippen molar-refractivity contribution in [2.24, 2.45) is 7.05 Å². The summed E-state index contributed by atoms with van der Waals surface area (Å²) in [6, 6.07) is 4.25. The van der Waals surface area contributed by atoms with Crippen molar-refractivity contribution >= 4 is 38.7 Å². The second kappa shape index (κ2) is 8.43. The highest BCUT2D eigenvalue weighted by atomic mass is 32.1. The number of morpholine rings is 1. The van der Waals surface area contributed by atoms with Crippen molar-refractivity contribution in [2.45, 2.75) is 13.1 Å². The number of nitrogens with zero attached hydrogens (tertiary/aromatic N) is 6. The Balaban J connectivity index is 1.56. The molecule has 1 aliphatic heterocycles. The molecule has 1 fully saturated rings. The third kappa shape index (κ3) is 3.85. The summed E-state index contributed by atoms with van der Waals surface area (Å²) in [4.78, 5) is 21.3. The Bertz CT molecular complexity index is 1130. The number of anilines is 1. The van der Waals surface area contributed by atoms with Crippen LogP contribution in [0.2, 0.25) is 0 Å². The summed E-state index contributed by atoms with van der Waals surface area (Å²) in [6.45, 7) is 4.82. The summed E-state index contributed by atoms with van der Waals surface area (Å²) in [7, 11) is 4.11. The molecule has 0 aliphatic carbocycles. The van der Waals surface area contributed by atoms with Gasteiger partial charge in [0.05, 0.1) is 31.7 Å². The van der Waals surface area contributed by atoms with Crippen LogP contribution in [0.4, 0.5) is 5.82 Å². The van der Waals surface area contributed by atoms with Crippen molar-refractivity contribution in [3.8, 4) is 10.4 Å². The standard InChI is InChI=1S/C21H24N6OS2/c1-25-6-5-22-18(25)13-26(2)20-19-15(16-4-3-11-29-16)14-30-21(19)24-17(23-20)12-27-7-9-28-10-8-27/h3-6,11,14H,7-10,12-13H2,1-2H3. The maximum absolute atomic E-state index is 5.49. The van der Waals surface area contributed by atoms with Gasteiger partial charge in [-0.3, -0.25) is 4.90 Å². The first-order valence-electron chi connectivity index (χ1n) is 9.98. The number of ether oxygens (including phenoxy) is 1. The molecule has 7 nitrogen and oxygen atoms in total. The molecule has 0 N–H and O–H groups in total. The van der Waals surface area contributed by atoms with E-state index in [1.54, 1.807) is 22.7 Å². The zero-order valence-electron chi connectivity index (χ0n) is 17.1. The number of thiophene rings is 2. The number of aryl methyl sites for hydroxylation is 1. The lowest BCUT2D eigenvalue weighted by Gasteiger charge is -2.26. The number of hydrogen-bond acceptors (Lipinski definition) is 8. The minimum atomic E-state index is 0.687. The topological polar surface area (TPSA) is 59.3 Å². The van der Waals surface area contributed by atoms with E-state index in [1.807, 2.05) is 19.4 Å². The molecule has 156 valence electrons. The fourth-order valence-electron chi connectivity index (χ4n) is 3.72. The van der Waals surface area contributed by atoms with Gasteiger partial charge in [0.2, 0.25) is 0 Å². The summed E-state index contributed by atoms with van der Waals surface area (Å²) in [6.07, 6.45) is 3.81. The van der Waals surface area contributed by atoms with Gasteiger partial charge in [-0.25, -0.2) is 15.0 Å². The van der Waals surface area contributed by atoms with E-state index in [4.69, 9.17) is 14.7 Å². The summed E-state index contributed by atoms with van der Waals surface area (Å²) in [5.41, 5.74) is 1.21. The molecule has 0 bridgehead atoms. The first-order valence-corrected chi connectivity index (χ1v) is 11.7. The third-order valence-electron chi connectivity index (χ3n) is 5.38. The number of aromatic nitrogens is 4. The van der Waals surface area contributed by atoms with Crippen LogP contribution in [0.3, 0.4) is 0 Å². The molecule has 30 heavy (non-hydrogen) atoms. The fourth-order valence-corrected chi connectivity index (χ4v) is 5.50. The largest absolute Gasteiger partial charge is 0.379 e. The molecule has 1 aliphatic rings. The Morgan fingerprint density at radius 1 is 1.20 bits per heavy atom. The molecule has 0 atom stereocenters. The quantitative estimate of drug-likeness (QED) is 0.456. The maximum atomic E-state index is 5.49. The zero-order chi connectivity index (χ0) is 20.5. The van der Waals surface area contributed by atoms with E-state index in [1.165, 1.54) is 10.4 Å². The van der Waals surface area contributed by atoms with E-state index >= 15 is 0 Å². The molecule has 0 radical (unpaired) electrons. The molecule has 0 saturated carbocycles. The van der Waals surface area contributed by atoms with Crippen molar-refractivity contribution < 1.29 is 4.74 Å². The van der Waals surface area contributed by atoms with Gasteiger partial charge in [-0.1, -0.05) is 6.07 Å². The third-order valence-corrected chi connectivity index (χ3v) is 7.15. The molecule has 4 aromatic heterocycles. The lowest BCUT2D eigenvalue weighted by molar-refractivity contribution is 0.0331. The summed E-state index contributed by atoms with van der Waals surface area (Å²) < 4.78 is 7.54. The SMILES string of the molecule is CN(Cc1nccn1C)c1nc(CN2CCOCC2)nc2scc(-c3cccs3)c12. The Morgan fingerprint density at radius 2 is 2.07 bits per heavy atom. The smallest absolute Gasteiger partial charge is 0.146 e. The Morgan fingerprint density at radius 3 is 2.80 bits per heavy atom.